The van der Waals surface area contributed by atoms with Gasteiger partial charge in [0.15, 0.2) is 17.1 Å². The number of hydrogen-bond acceptors (Lipinski definition) is 7. The van der Waals surface area contributed by atoms with E-state index in [1.807, 2.05) is 24.1 Å². The molecule has 2 aliphatic heterocycles. The number of nitrogens with zero attached hydrogens (tertiary/aromatic N) is 5. The summed E-state index contributed by atoms with van der Waals surface area (Å²) in [4.78, 5) is 23.7. The summed E-state index contributed by atoms with van der Waals surface area (Å²) in [6.07, 6.45) is 6.10. The minimum Gasteiger partial charge on any atom is -0.490 e. The zero-order chi connectivity index (χ0) is 20.5. The number of aryl methyl sites for hydroxylation is 1. The summed E-state index contributed by atoms with van der Waals surface area (Å²) in [5.74, 6) is 2.01. The number of carbonyl (C=O) groups excluding carboxylic acids is 1. The van der Waals surface area contributed by atoms with Crippen molar-refractivity contribution in [3.8, 4) is 11.5 Å². The Labute approximate surface area is 178 Å². The molecule has 0 unspecified atom stereocenters. The Morgan fingerprint density at radius 3 is 2.97 bits per heavy atom. The first-order valence-corrected chi connectivity index (χ1v) is 11.1. The Morgan fingerprint density at radius 1 is 1.20 bits per heavy atom. The second-order valence-corrected chi connectivity index (χ2v) is 8.44. The summed E-state index contributed by atoms with van der Waals surface area (Å²) < 4.78 is 13.3. The molecule has 30 heavy (non-hydrogen) atoms. The molecule has 1 amide bonds. The minimum absolute atomic E-state index is 0.0686. The molecule has 5 rings (SSSR count). The number of thioether (sulfide) groups is 1. The van der Waals surface area contributed by atoms with E-state index in [1.165, 1.54) is 18.1 Å². The molecule has 1 atom stereocenters. The van der Waals surface area contributed by atoms with Crippen LogP contribution in [0.5, 0.6) is 11.5 Å². The molecule has 1 aromatic carbocycles. The lowest BCUT2D eigenvalue weighted by Crippen LogP contribution is -2.32. The molecule has 0 saturated carbocycles. The van der Waals surface area contributed by atoms with Gasteiger partial charge >= 0.3 is 0 Å². The van der Waals surface area contributed by atoms with Crippen molar-refractivity contribution >= 4 is 28.7 Å². The number of fused-ring (bicyclic) bond motifs is 2. The zero-order valence-electron chi connectivity index (χ0n) is 16.8. The first-order valence-electron chi connectivity index (χ1n) is 10.2. The van der Waals surface area contributed by atoms with Crippen LogP contribution in [-0.2, 0) is 11.8 Å². The minimum atomic E-state index is 0.0686. The molecule has 0 N–H and O–H groups in total. The van der Waals surface area contributed by atoms with Gasteiger partial charge < -0.3 is 14.4 Å². The van der Waals surface area contributed by atoms with Gasteiger partial charge in [0.1, 0.15) is 11.4 Å². The fourth-order valence-electron chi connectivity index (χ4n) is 4.07. The van der Waals surface area contributed by atoms with Crippen molar-refractivity contribution in [3.05, 3.63) is 36.3 Å². The largest absolute Gasteiger partial charge is 0.490 e. The number of ether oxygens (including phenoxy) is 2. The summed E-state index contributed by atoms with van der Waals surface area (Å²) in [5.41, 5.74) is 1.87. The fraction of sp³-hybridized carbons (Fsp3) is 0.429. The van der Waals surface area contributed by atoms with Crippen LogP contribution >= 0.6 is 11.8 Å². The van der Waals surface area contributed by atoms with Crippen LogP contribution in [0, 0.1) is 0 Å². The summed E-state index contributed by atoms with van der Waals surface area (Å²) >= 11 is 1.44. The third-order valence-corrected chi connectivity index (χ3v) is 6.54. The number of likely N-dealkylation sites (tertiary alicyclic amines) is 1. The number of benzene rings is 1. The number of carbonyl (C=O) groups is 1. The van der Waals surface area contributed by atoms with Gasteiger partial charge in [-0.15, -0.1) is 0 Å². The summed E-state index contributed by atoms with van der Waals surface area (Å²) in [5, 5.41) is 5.90. The third-order valence-electron chi connectivity index (χ3n) is 5.55. The van der Waals surface area contributed by atoms with Crippen LogP contribution in [0.1, 0.15) is 30.9 Å². The van der Waals surface area contributed by atoms with E-state index in [0.717, 1.165) is 58.9 Å². The second-order valence-electron chi connectivity index (χ2n) is 7.47. The number of rotatable bonds is 4. The number of aromatic nitrogens is 4. The molecule has 9 heteroatoms. The Kier molecular flexibility index (Phi) is 5.20. The normalized spacial score (nSPS) is 18.6. The van der Waals surface area contributed by atoms with E-state index in [2.05, 4.69) is 21.1 Å². The van der Waals surface area contributed by atoms with E-state index in [-0.39, 0.29) is 11.9 Å². The van der Waals surface area contributed by atoms with Crippen LogP contribution in [0.2, 0.25) is 0 Å². The second kappa shape index (κ2) is 8.14. The van der Waals surface area contributed by atoms with Crippen molar-refractivity contribution in [2.75, 3.05) is 25.5 Å². The van der Waals surface area contributed by atoms with Gasteiger partial charge in [-0.1, -0.05) is 17.8 Å². The molecular weight excluding hydrogens is 402 g/mol. The highest BCUT2D eigenvalue weighted by Crippen LogP contribution is 2.38. The predicted octanol–water partition coefficient (Wildman–Crippen LogP) is 2.98. The molecular formula is C21H23N5O3S. The van der Waals surface area contributed by atoms with Gasteiger partial charge in [-0.25, -0.2) is 9.97 Å². The monoisotopic (exact) mass is 425 g/mol. The summed E-state index contributed by atoms with van der Waals surface area (Å²) in [6, 6.07) is 6.12. The maximum Gasteiger partial charge on any atom is 0.233 e. The van der Waals surface area contributed by atoms with E-state index in [1.54, 1.807) is 10.9 Å². The SMILES string of the molecule is Cn1ncc2c(SCC(=O)N3CCC[C@@H]3c3ccc4c(c3)OCCCO4)ncnc21. The van der Waals surface area contributed by atoms with E-state index in [0.29, 0.717) is 19.0 Å². The fourth-order valence-corrected chi connectivity index (χ4v) is 4.91. The average molecular weight is 426 g/mol. The van der Waals surface area contributed by atoms with Gasteiger partial charge in [0, 0.05) is 20.0 Å². The molecule has 1 saturated heterocycles. The van der Waals surface area contributed by atoms with E-state index in [9.17, 15) is 4.79 Å². The van der Waals surface area contributed by atoms with Crippen molar-refractivity contribution in [3.63, 3.8) is 0 Å². The highest BCUT2D eigenvalue weighted by Gasteiger charge is 2.31. The van der Waals surface area contributed by atoms with Crippen molar-refractivity contribution in [2.24, 2.45) is 7.05 Å². The van der Waals surface area contributed by atoms with Crippen molar-refractivity contribution in [1.29, 1.82) is 0 Å². The topological polar surface area (TPSA) is 82.4 Å². The maximum atomic E-state index is 13.1. The predicted molar refractivity (Wildman–Crippen MR) is 113 cm³/mol. The quantitative estimate of drug-likeness (QED) is 0.469. The number of hydrogen-bond donors (Lipinski definition) is 0. The van der Waals surface area contributed by atoms with Crippen molar-refractivity contribution in [2.45, 2.75) is 30.3 Å². The van der Waals surface area contributed by atoms with E-state index < -0.39 is 0 Å². The molecule has 0 aliphatic carbocycles. The highest BCUT2D eigenvalue weighted by atomic mass is 32.2. The van der Waals surface area contributed by atoms with E-state index in [4.69, 9.17) is 9.47 Å². The van der Waals surface area contributed by atoms with Gasteiger partial charge in [-0.05, 0) is 30.5 Å². The third kappa shape index (κ3) is 3.58. The Bertz CT molecular complexity index is 1090. The van der Waals surface area contributed by atoms with E-state index >= 15 is 0 Å². The molecule has 1 fully saturated rings. The Hall–Kier alpha value is -2.81. The average Bonchev–Trinajstić information content (AvgIpc) is 3.33. The van der Waals surface area contributed by atoms with Gasteiger partial charge in [-0.2, -0.15) is 5.10 Å². The standard InChI is InChI=1S/C21H23N5O3S/c1-25-20-15(11-24-25)21(23-13-22-20)30-12-19(27)26-7-2-4-16(26)14-5-6-17-18(10-14)29-9-3-8-28-17/h5-6,10-11,13,16H,2-4,7-9,12H2,1H3/t16-/m1/s1. The van der Waals surface area contributed by atoms with Crippen LogP contribution in [0.4, 0.5) is 0 Å². The van der Waals surface area contributed by atoms with Gasteiger partial charge in [0.25, 0.3) is 0 Å². The molecule has 3 aromatic rings. The van der Waals surface area contributed by atoms with Gasteiger partial charge in [0.2, 0.25) is 5.91 Å². The molecule has 156 valence electrons. The molecule has 0 spiro atoms. The van der Waals surface area contributed by atoms with Crippen LogP contribution in [-0.4, -0.2) is 56.1 Å². The van der Waals surface area contributed by atoms with Crippen LogP contribution in [0.15, 0.2) is 35.7 Å². The summed E-state index contributed by atoms with van der Waals surface area (Å²) in [6.45, 7) is 2.09. The molecule has 2 aromatic heterocycles. The first-order chi connectivity index (χ1) is 14.7. The maximum absolute atomic E-state index is 13.1. The zero-order valence-corrected chi connectivity index (χ0v) is 17.6. The molecule has 0 bridgehead atoms. The van der Waals surface area contributed by atoms with Crippen molar-refractivity contribution in [1.82, 2.24) is 24.6 Å². The molecule has 2 aliphatic rings. The summed E-state index contributed by atoms with van der Waals surface area (Å²) in [7, 11) is 1.85. The lowest BCUT2D eigenvalue weighted by Gasteiger charge is -2.25. The highest BCUT2D eigenvalue weighted by molar-refractivity contribution is 8.00. The van der Waals surface area contributed by atoms with Crippen LogP contribution in [0.25, 0.3) is 11.0 Å². The van der Waals surface area contributed by atoms with Crippen LogP contribution in [0.3, 0.4) is 0 Å². The lowest BCUT2D eigenvalue weighted by molar-refractivity contribution is -0.129. The molecule has 0 radical (unpaired) electrons. The first kappa shape index (κ1) is 19.2. The number of amides is 1. The van der Waals surface area contributed by atoms with Crippen LogP contribution < -0.4 is 9.47 Å². The smallest absolute Gasteiger partial charge is 0.233 e. The Morgan fingerprint density at radius 2 is 2.07 bits per heavy atom. The Balaban J connectivity index is 1.31. The molecule has 8 nitrogen and oxygen atoms in total. The lowest BCUT2D eigenvalue weighted by atomic mass is 10.0. The van der Waals surface area contributed by atoms with Gasteiger partial charge in [-0.3, -0.25) is 9.48 Å². The van der Waals surface area contributed by atoms with Crippen molar-refractivity contribution < 1.29 is 14.3 Å². The van der Waals surface area contributed by atoms with Gasteiger partial charge in [0.05, 0.1) is 36.6 Å². The molecule has 4 heterocycles.